The quantitative estimate of drug-likeness (QED) is 0.412. The van der Waals surface area contributed by atoms with Crippen molar-refractivity contribution in [1.29, 1.82) is 0 Å². The third-order valence-electron chi connectivity index (χ3n) is 2.71. The Labute approximate surface area is 112 Å². The van der Waals surface area contributed by atoms with Gasteiger partial charge in [-0.3, -0.25) is 0 Å². The number of hydrogen-bond acceptors (Lipinski definition) is 7. The Kier molecular flexibility index (Phi) is 5.39. The molecule has 2 atom stereocenters. The van der Waals surface area contributed by atoms with Gasteiger partial charge in [0.15, 0.2) is 0 Å². The zero-order valence-corrected chi connectivity index (χ0v) is 10.8. The van der Waals surface area contributed by atoms with E-state index in [1.807, 2.05) is 0 Å². The Balaban J connectivity index is 3.43. The summed E-state index contributed by atoms with van der Waals surface area (Å²) in [5.74, 6) is 0. The Morgan fingerprint density at radius 2 is 1.20 bits per heavy atom. The standard InChI is InChI=1S/C10H17N3O7/c1-11-8(18)12(2-6(16)4-14)10(20)13(9(11)19)3-7(17)5-15/h6-7,14-17H,2-5H2,1H3. The van der Waals surface area contributed by atoms with Crippen molar-refractivity contribution in [3.8, 4) is 0 Å². The maximum Gasteiger partial charge on any atom is 0.336 e. The lowest BCUT2D eigenvalue weighted by atomic mass is 10.3. The molecule has 0 aliphatic carbocycles. The summed E-state index contributed by atoms with van der Waals surface area (Å²) in [6.45, 7) is -2.29. The summed E-state index contributed by atoms with van der Waals surface area (Å²) in [4.78, 5) is 35.5. The predicted octanol–water partition coefficient (Wildman–Crippen LogP) is -4.58. The van der Waals surface area contributed by atoms with E-state index in [0.29, 0.717) is 13.7 Å². The van der Waals surface area contributed by atoms with Crippen molar-refractivity contribution in [2.45, 2.75) is 25.3 Å². The predicted molar refractivity (Wildman–Crippen MR) is 66.4 cm³/mol. The van der Waals surface area contributed by atoms with Crippen molar-refractivity contribution < 1.29 is 20.4 Å². The van der Waals surface area contributed by atoms with E-state index in [1.165, 1.54) is 0 Å². The van der Waals surface area contributed by atoms with E-state index in [-0.39, 0.29) is 0 Å². The van der Waals surface area contributed by atoms with Gasteiger partial charge in [0.2, 0.25) is 0 Å². The van der Waals surface area contributed by atoms with Gasteiger partial charge < -0.3 is 20.4 Å². The summed E-state index contributed by atoms with van der Waals surface area (Å²) in [6.07, 6.45) is -2.68. The van der Waals surface area contributed by atoms with Crippen LogP contribution >= 0.6 is 0 Å². The molecular formula is C10H17N3O7. The second kappa shape index (κ2) is 6.61. The molecule has 0 radical (unpaired) electrons. The SMILES string of the molecule is Cn1c(=O)n(CC(O)CO)c(=O)n(CC(O)CO)c1=O. The normalized spacial score (nSPS) is 14.2. The molecule has 0 aliphatic rings. The van der Waals surface area contributed by atoms with Crippen molar-refractivity contribution in [3.05, 3.63) is 31.5 Å². The van der Waals surface area contributed by atoms with Crippen LogP contribution in [0, 0.1) is 0 Å². The lowest BCUT2D eigenvalue weighted by Crippen LogP contribution is -2.55. The highest BCUT2D eigenvalue weighted by Crippen LogP contribution is 1.86. The van der Waals surface area contributed by atoms with Gasteiger partial charge in [0, 0.05) is 7.05 Å². The smallest absolute Gasteiger partial charge is 0.336 e. The first-order valence-corrected chi connectivity index (χ1v) is 5.82. The van der Waals surface area contributed by atoms with Crippen LogP contribution in [0.3, 0.4) is 0 Å². The molecule has 20 heavy (non-hydrogen) atoms. The molecule has 1 rings (SSSR count). The van der Waals surface area contributed by atoms with Crippen molar-refractivity contribution in [1.82, 2.24) is 13.7 Å². The van der Waals surface area contributed by atoms with Crippen molar-refractivity contribution in [2.24, 2.45) is 7.05 Å². The van der Waals surface area contributed by atoms with Gasteiger partial charge in [-0.2, -0.15) is 0 Å². The van der Waals surface area contributed by atoms with Crippen LogP contribution in [0.2, 0.25) is 0 Å². The molecule has 0 saturated heterocycles. The van der Waals surface area contributed by atoms with Crippen LogP contribution in [0.5, 0.6) is 0 Å². The Hall–Kier alpha value is -1.75. The fourth-order valence-electron chi connectivity index (χ4n) is 1.60. The molecule has 1 aromatic rings. The number of hydrogen-bond donors (Lipinski definition) is 4. The Bertz CT molecular complexity index is 579. The number of aromatic nitrogens is 3. The maximum absolute atomic E-state index is 12.0. The maximum atomic E-state index is 12.0. The van der Waals surface area contributed by atoms with Crippen LogP contribution in [0.25, 0.3) is 0 Å². The fraction of sp³-hybridized carbons (Fsp3) is 0.700. The van der Waals surface area contributed by atoms with E-state index in [4.69, 9.17) is 10.2 Å². The first kappa shape index (κ1) is 16.3. The third kappa shape index (κ3) is 3.22. The van der Waals surface area contributed by atoms with Crippen molar-refractivity contribution in [3.63, 3.8) is 0 Å². The van der Waals surface area contributed by atoms with Gasteiger partial charge in [-0.15, -0.1) is 0 Å². The van der Waals surface area contributed by atoms with Crippen LogP contribution in [0.15, 0.2) is 14.4 Å². The highest BCUT2D eigenvalue weighted by Gasteiger charge is 2.17. The topological polar surface area (TPSA) is 147 Å². The number of aliphatic hydroxyl groups excluding tert-OH is 4. The minimum absolute atomic E-state index is 0.489. The molecule has 1 heterocycles. The summed E-state index contributed by atoms with van der Waals surface area (Å²) in [7, 11) is 1.13. The summed E-state index contributed by atoms with van der Waals surface area (Å²) in [6, 6.07) is 0. The van der Waals surface area contributed by atoms with Gasteiger partial charge in [0.25, 0.3) is 0 Å². The average Bonchev–Trinajstić information content (AvgIpc) is 2.45. The Morgan fingerprint density at radius 1 is 0.850 bits per heavy atom. The zero-order chi connectivity index (χ0) is 15.4. The summed E-state index contributed by atoms with van der Waals surface area (Å²) in [5.41, 5.74) is -2.91. The second-order valence-electron chi connectivity index (χ2n) is 4.30. The molecule has 0 saturated carbocycles. The zero-order valence-electron chi connectivity index (χ0n) is 10.8. The number of aliphatic hydroxyl groups is 4. The molecule has 10 nitrogen and oxygen atoms in total. The van der Waals surface area contributed by atoms with Gasteiger partial charge in [-0.05, 0) is 0 Å². The highest BCUT2D eigenvalue weighted by molar-refractivity contribution is 4.79. The third-order valence-corrected chi connectivity index (χ3v) is 2.71. The first-order chi connectivity index (χ1) is 9.33. The van der Waals surface area contributed by atoms with Crippen LogP contribution in [0.1, 0.15) is 0 Å². The van der Waals surface area contributed by atoms with Gasteiger partial charge in [-0.25, -0.2) is 28.1 Å². The monoisotopic (exact) mass is 291 g/mol. The molecule has 114 valence electrons. The molecule has 2 unspecified atom stereocenters. The van der Waals surface area contributed by atoms with E-state index < -0.39 is 55.6 Å². The summed E-state index contributed by atoms with van der Waals surface area (Å²) >= 11 is 0. The molecule has 0 aromatic carbocycles. The second-order valence-corrected chi connectivity index (χ2v) is 4.30. The lowest BCUT2D eigenvalue weighted by molar-refractivity contribution is 0.0712. The number of rotatable bonds is 6. The molecule has 0 bridgehead atoms. The van der Waals surface area contributed by atoms with Gasteiger partial charge in [0.1, 0.15) is 0 Å². The van der Waals surface area contributed by atoms with E-state index in [9.17, 15) is 24.6 Å². The molecule has 4 N–H and O–H groups in total. The van der Waals surface area contributed by atoms with E-state index in [0.717, 1.165) is 7.05 Å². The fourth-order valence-corrected chi connectivity index (χ4v) is 1.60. The molecular weight excluding hydrogens is 274 g/mol. The van der Waals surface area contributed by atoms with E-state index in [2.05, 4.69) is 0 Å². The lowest BCUT2D eigenvalue weighted by Gasteiger charge is -2.15. The minimum Gasteiger partial charge on any atom is -0.394 e. The molecule has 1 aromatic heterocycles. The van der Waals surface area contributed by atoms with Crippen LogP contribution in [-0.2, 0) is 20.1 Å². The van der Waals surface area contributed by atoms with Gasteiger partial charge in [0.05, 0.1) is 38.5 Å². The summed E-state index contributed by atoms with van der Waals surface area (Å²) < 4.78 is 1.79. The minimum atomic E-state index is -1.34. The molecule has 0 spiro atoms. The molecule has 0 amide bonds. The van der Waals surface area contributed by atoms with Crippen LogP contribution < -0.4 is 17.1 Å². The molecule has 0 fully saturated rings. The molecule has 10 heteroatoms. The van der Waals surface area contributed by atoms with Crippen LogP contribution in [0.4, 0.5) is 0 Å². The van der Waals surface area contributed by atoms with Crippen molar-refractivity contribution >= 4 is 0 Å². The van der Waals surface area contributed by atoms with Gasteiger partial charge in [-0.1, -0.05) is 0 Å². The van der Waals surface area contributed by atoms with Crippen molar-refractivity contribution in [2.75, 3.05) is 13.2 Å². The average molecular weight is 291 g/mol. The van der Waals surface area contributed by atoms with Gasteiger partial charge >= 0.3 is 17.1 Å². The first-order valence-electron chi connectivity index (χ1n) is 5.82. The Morgan fingerprint density at radius 3 is 1.50 bits per heavy atom. The number of nitrogens with zero attached hydrogens (tertiary/aromatic N) is 3. The summed E-state index contributed by atoms with van der Waals surface area (Å²) in [5, 5.41) is 36.1. The van der Waals surface area contributed by atoms with E-state index in [1.54, 1.807) is 0 Å². The van der Waals surface area contributed by atoms with E-state index >= 15 is 0 Å². The molecule has 0 aliphatic heterocycles. The largest absolute Gasteiger partial charge is 0.394 e. The van der Waals surface area contributed by atoms with Crippen LogP contribution in [-0.4, -0.2) is 59.5 Å². The highest BCUT2D eigenvalue weighted by atomic mass is 16.3.